The van der Waals surface area contributed by atoms with Gasteiger partial charge in [0.05, 0.1) is 0 Å². The van der Waals surface area contributed by atoms with E-state index in [1.165, 1.54) is 12.1 Å². The summed E-state index contributed by atoms with van der Waals surface area (Å²) < 4.78 is 24.2. The van der Waals surface area contributed by atoms with Gasteiger partial charge in [-0.05, 0) is 43.6 Å². The molecule has 0 radical (unpaired) electrons. The van der Waals surface area contributed by atoms with Crippen molar-refractivity contribution < 1.29 is 18.7 Å². The number of benzene rings is 1. The molecule has 2 heterocycles. The van der Waals surface area contributed by atoms with Crippen LogP contribution in [0.25, 0.3) is 0 Å². The molecule has 1 amide bonds. The zero-order chi connectivity index (χ0) is 18.4. The second-order valence-electron chi connectivity index (χ2n) is 6.20. The van der Waals surface area contributed by atoms with Crippen LogP contribution >= 0.6 is 0 Å². The quantitative estimate of drug-likeness (QED) is 0.829. The van der Waals surface area contributed by atoms with Crippen molar-refractivity contribution in [3.63, 3.8) is 0 Å². The molecule has 3 rings (SSSR count). The van der Waals surface area contributed by atoms with Gasteiger partial charge in [-0.3, -0.25) is 4.79 Å². The van der Waals surface area contributed by atoms with Gasteiger partial charge in [0.1, 0.15) is 17.2 Å². The Bertz CT molecular complexity index is 746. The van der Waals surface area contributed by atoms with Gasteiger partial charge in [-0.2, -0.15) is 0 Å². The number of ether oxygens (including phenoxy) is 2. The Morgan fingerprint density at radius 3 is 2.77 bits per heavy atom. The summed E-state index contributed by atoms with van der Waals surface area (Å²) in [7, 11) is 1.57. The zero-order valence-corrected chi connectivity index (χ0v) is 14.6. The summed E-state index contributed by atoms with van der Waals surface area (Å²) in [6, 6.07) is 9.36. The third kappa shape index (κ3) is 4.36. The van der Waals surface area contributed by atoms with Gasteiger partial charge in [-0.25, -0.2) is 9.37 Å². The molecule has 0 bridgehead atoms. The molecule has 2 N–H and O–H groups in total. The Morgan fingerprint density at radius 2 is 2.12 bits per heavy atom. The highest BCUT2D eigenvalue weighted by Crippen LogP contribution is 2.23. The first-order valence-electron chi connectivity index (χ1n) is 8.54. The molecule has 1 aromatic carbocycles. The molecule has 26 heavy (non-hydrogen) atoms. The fourth-order valence-electron chi connectivity index (χ4n) is 2.93. The highest BCUT2D eigenvalue weighted by Gasteiger charge is 2.39. The first kappa shape index (κ1) is 18.3. The lowest BCUT2D eigenvalue weighted by molar-refractivity contribution is -0.146. The topological polar surface area (TPSA) is 72.5 Å². The van der Waals surface area contributed by atoms with Crippen LogP contribution < -0.4 is 15.4 Å². The van der Waals surface area contributed by atoms with Crippen LogP contribution in [0.2, 0.25) is 0 Å². The lowest BCUT2D eigenvalue weighted by atomic mass is 9.91. The van der Waals surface area contributed by atoms with Crippen LogP contribution in [0.4, 0.5) is 4.39 Å². The van der Waals surface area contributed by atoms with E-state index in [0.717, 1.165) is 18.7 Å². The van der Waals surface area contributed by atoms with E-state index >= 15 is 0 Å². The molecule has 1 fully saturated rings. The van der Waals surface area contributed by atoms with Crippen LogP contribution in [-0.4, -0.2) is 36.7 Å². The lowest BCUT2D eigenvalue weighted by Crippen LogP contribution is -2.53. The maximum atomic E-state index is 13.2. The van der Waals surface area contributed by atoms with Crippen LogP contribution in [0.5, 0.6) is 11.6 Å². The standard InChI is InChI=1S/C19H22FN3O3/c1-25-19(7-9-21-10-8-19)18(24)23-13-14-5-6-17(22-12-14)26-16-4-2-3-15(20)11-16/h2-6,11-12,21H,7-10,13H2,1H3,(H,23,24). The number of rotatable bonds is 6. The van der Waals surface area contributed by atoms with Gasteiger partial charge in [0, 0.05) is 32.0 Å². The molecule has 0 saturated carbocycles. The number of nitrogens with one attached hydrogen (secondary N) is 2. The average Bonchev–Trinajstić information content (AvgIpc) is 2.68. The van der Waals surface area contributed by atoms with Crippen molar-refractivity contribution in [1.29, 1.82) is 0 Å². The molecule has 6 nitrogen and oxygen atoms in total. The summed E-state index contributed by atoms with van der Waals surface area (Å²) in [5, 5.41) is 6.14. The maximum Gasteiger partial charge on any atom is 0.252 e. The van der Waals surface area contributed by atoms with Gasteiger partial charge in [0.2, 0.25) is 5.88 Å². The van der Waals surface area contributed by atoms with Crippen LogP contribution in [0.3, 0.4) is 0 Å². The van der Waals surface area contributed by atoms with E-state index in [-0.39, 0.29) is 11.7 Å². The summed E-state index contributed by atoms with van der Waals surface area (Å²) >= 11 is 0. The highest BCUT2D eigenvalue weighted by molar-refractivity contribution is 5.85. The number of aromatic nitrogens is 1. The molecular weight excluding hydrogens is 337 g/mol. The predicted molar refractivity (Wildman–Crippen MR) is 94.4 cm³/mol. The first-order chi connectivity index (χ1) is 12.6. The van der Waals surface area contributed by atoms with E-state index in [1.807, 2.05) is 6.07 Å². The zero-order valence-electron chi connectivity index (χ0n) is 14.6. The van der Waals surface area contributed by atoms with Crippen molar-refractivity contribution in [3.05, 3.63) is 54.0 Å². The van der Waals surface area contributed by atoms with Crippen LogP contribution in [0, 0.1) is 5.82 Å². The van der Waals surface area contributed by atoms with Crippen LogP contribution in [0.15, 0.2) is 42.6 Å². The van der Waals surface area contributed by atoms with E-state index in [1.54, 1.807) is 31.5 Å². The summed E-state index contributed by atoms with van der Waals surface area (Å²) in [6.07, 6.45) is 2.92. The number of nitrogens with zero attached hydrogens (tertiary/aromatic N) is 1. The van der Waals surface area contributed by atoms with Crippen LogP contribution in [0.1, 0.15) is 18.4 Å². The highest BCUT2D eigenvalue weighted by atomic mass is 19.1. The van der Waals surface area contributed by atoms with Gasteiger partial charge < -0.3 is 20.1 Å². The number of hydrogen-bond acceptors (Lipinski definition) is 5. The largest absolute Gasteiger partial charge is 0.439 e. The molecule has 0 atom stereocenters. The third-order valence-corrected chi connectivity index (χ3v) is 4.48. The summed E-state index contributed by atoms with van der Waals surface area (Å²) in [5.41, 5.74) is 0.0733. The summed E-state index contributed by atoms with van der Waals surface area (Å²) in [6.45, 7) is 1.87. The molecule has 7 heteroatoms. The number of pyridine rings is 1. The number of piperidine rings is 1. The predicted octanol–water partition coefficient (Wildman–Crippen LogP) is 2.40. The van der Waals surface area contributed by atoms with Gasteiger partial charge in [-0.1, -0.05) is 12.1 Å². The molecule has 1 aliphatic heterocycles. The molecular formula is C19H22FN3O3. The minimum atomic E-state index is -0.765. The Balaban J connectivity index is 1.56. The SMILES string of the molecule is COC1(C(=O)NCc2ccc(Oc3cccc(F)c3)nc2)CCNCC1. The fraction of sp³-hybridized carbons (Fsp3) is 0.368. The van der Waals surface area contributed by atoms with Crippen molar-refractivity contribution in [1.82, 2.24) is 15.6 Å². The summed E-state index contributed by atoms with van der Waals surface area (Å²) in [4.78, 5) is 16.7. The number of halogens is 1. The van der Waals surface area contributed by atoms with Gasteiger partial charge >= 0.3 is 0 Å². The van der Waals surface area contributed by atoms with Crippen molar-refractivity contribution in [2.75, 3.05) is 20.2 Å². The Labute approximate surface area is 151 Å². The van der Waals surface area contributed by atoms with Gasteiger partial charge in [0.15, 0.2) is 0 Å². The van der Waals surface area contributed by atoms with E-state index < -0.39 is 5.60 Å². The maximum absolute atomic E-state index is 13.2. The Kier molecular flexibility index (Phi) is 5.80. The van der Waals surface area contributed by atoms with Gasteiger partial charge in [-0.15, -0.1) is 0 Å². The number of methoxy groups -OCH3 is 1. The number of amides is 1. The van der Waals surface area contributed by atoms with E-state index in [4.69, 9.17) is 9.47 Å². The van der Waals surface area contributed by atoms with Crippen LogP contribution in [-0.2, 0) is 16.1 Å². The molecule has 1 aromatic heterocycles. The van der Waals surface area contributed by atoms with Gasteiger partial charge in [0.25, 0.3) is 5.91 Å². The molecule has 0 spiro atoms. The molecule has 1 saturated heterocycles. The monoisotopic (exact) mass is 359 g/mol. The molecule has 0 unspecified atom stereocenters. The molecule has 138 valence electrons. The molecule has 1 aliphatic rings. The number of hydrogen-bond donors (Lipinski definition) is 2. The van der Waals surface area contributed by atoms with E-state index in [9.17, 15) is 9.18 Å². The smallest absolute Gasteiger partial charge is 0.252 e. The van der Waals surface area contributed by atoms with Crippen molar-refractivity contribution in [2.24, 2.45) is 0 Å². The molecule has 2 aromatic rings. The second-order valence-corrected chi connectivity index (χ2v) is 6.20. The fourth-order valence-corrected chi connectivity index (χ4v) is 2.93. The Morgan fingerprint density at radius 1 is 1.31 bits per heavy atom. The third-order valence-electron chi connectivity index (χ3n) is 4.48. The second kappa shape index (κ2) is 8.25. The minimum absolute atomic E-state index is 0.110. The van der Waals surface area contributed by atoms with E-state index in [2.05, 4.69) is 15.6 Å². The first-order valence-corrected chi connectivity index (χ1v) is 8.54. The number of carbonyl (C=O) groups excluding carboxylic acids is 1. The van der Waals surface area contributed by atoms with Crippen molar-refractivity contribution in [3.8, 4) is 11.6 Å². The van der Waals surface area contributed by atoms with Crippen molar-refractivity contribution >= 4 is 5.91 Å². The summed E-state index contributed by atoms with van der Waals surface area (Å²) in [5.74, 6) is 0.261. The lowest BCUT2D eigenvalue weighted by Gasteiger charge is -2.34. The normalized spacial score (nSPS) is 16.1. The Hall–Kier alpha value is -2.51. The minimum Gasteiger partial charge on any atom is -0.439 e. The van der Waals surface area contributed by atoms with E-state index in [0.29, 0.717) is 31.0 Å². The molecule has 0 aliphatic carbocycles. The van der Waals surface area contributed by atoms with Crippen molar-refractivity contribution in [2.45, 2.75) is 25.0 Å². The number of carbonyl (C=O) groups is 1. The average molecular weight is 359 g/mol.